The highest BCUT2D eigenvalue weighted by Gasteiger charge is 2.15. The van der Waals surface area contributed by atoms with E-state index >= 15 is 0 Å². The second kappa shape index (κ2) is 8.92. The maximum absolute atomic E-state index is 3.79. The molecule has 2 aliphatic rings. The van der Waals surface area contributed by atoms with Gasteiger partial charge >= 0.3 is 0 Å². The van der Waals surface area contributed by atoms with Crippen LogP contribution in [-0.2, 0) is 0 Å². The minimum absolute atomic E-state index is 0.836. The van der Waals surface area contributed by atoms with Gasteiger partial charge in [0.15, 0.2) is 0 Å². The SMILES string of the molecule is C1CCCC(NCCCCCCN2CC2)CCC1. The summed E-state index contributed by atoms with van der Waals surface area (Å²) in [7, 11) is 0. The van der Waals surface area contributed by atoms with E-state index in [9.17, 15) is 0 Å². The van der Waals surface area contributed by atoms with E-state index in [1.165, 1.54) is 96.8 Å². The van der Waals surface area contributed by atoms with Crippen LogP contribution < -0.4 is 5.32 Å². The highest BCUT2D eigenvalue weighted by molar-refractivity contribution is 4.72. The molecule has 0 aromatic carbocycles. The predicted molar refractivity (Wildman–Crippen MR) is 79.0 cm³/mol. The van der Waals surface area contributed by atoms with Crippen LogP contribution in [0.15, 0.2) is 0 Å². The Balaban J connectivity index is 1.38. The molecule has 0 aromatic heterocycles. The maximum Gasteiger partial charge on any atom is 0.0110 e. The summed E-state index contributed by atoms with van der Waals surface area (Å²) in [5, 5.41) is 3.79. The van der Waals surface area contributed by atoms with E-state index < -0.39 is 0 Å². The van der Waals surface area contributed by atoms with Gasteiger partial charge < -0.3 is 10.2 Å². The largest absolute Gasteiger partial charge is 0.314 e. The lowest BCUT2D eigenvalue weighted by Gasteiger charge is -2.21. The fourth-order valence-electron chi connectivity index (χ4n) is 3.07. The summed E-state index contributed by atoms with van der Waals surface area (Å²) in [6.45, 7) is 5.34. The van der Waals surface area contributed by atoms with Crippen LogP contribution >= 0.6 is 0 Å². The summed E-state index contributed by atoms with van der Waals surface area (Å²) in [6, 6.07) is 0.836. The third kappa shape index (κ3) is 6.75. The van der Waals surface area contributed by atoms with Crippen molar-refractivity contribution in [1.29, 1.82) is 0 Å². The van der Waals surface area contributed by atoms with Crippen LogP contribution in [0.3, 0.4) is 0 Å². The van der Waals surface area contributed by atoms with Crippen molar-refractivity contribution in [3.05, 3.63) is 0 Å². The molecule has 0 aromatic rings. The Hall–Kier alpha value is -0.0800. The topological polar surface area (TPSA) is 15.0 Å². The number of nitrogens with one attached hydrogen (secondary N) is 1. The van der Waals surface area contributed by atoms with Crippen LogP contribution in [0, 0.1) is 0 Å². The average Bonchev–Trinajstić information content (AvgIpc) is 3.14. The molecule has 2 heteroatoms. The van der Waals surface area contributed by atoms with Gasteiger partial charge in [0.1, 0.15) is 0 Å². The molecule has 0 amide bonds. The fraction of sp³-hybridized carbons (Fsp3) is 1.00. The van der Waals surface area contributed by atoms with Crippen molar-refractivity contribution in [3.8, 4) is 0 Å². The molecule has 1 aliphatic heterocycles. The minimum atomic E-state index is 0.836. The number of hydrogen-bond acceptors (Lipinski definition) is 2. The zero-order valence-electron chi connectivity index (χ0n) is 12.1. The first-order chi connectivity index (χ1) is 8.95. The third-order valence-electron chi connectivity index (χ3n) is 4.48. The molecule has 106 valence electrons. The van der Waals surface area contributed by atoms with Crippen molar-refractivity contribution in [3.63, 3.8) is 0 Å². The van der Waals surface area contributed by atoms with Crippen LogP contribution in [0.2, 0.25) is 0 Å². The molecule has 1 aliphatic carbocycles. The Morgan fingerprint density at radius 3 is 2.17 bits per heavy atom. The van der Waals surface area contributed by atoms with Gasteiger partial charge in [0, 0.05) is 19.1 Å². The minimum Gasteiger partial charge on any atom is -0.314 e. The Morgan fingerprint density at radius 2 is 1.44 bits per heavy atom. The van der Waals surface area contributed by atoms with Crippen LogP contribution in [-0.4, -0.2) is 37.1 Å². The molecule has 0 spiro atoms. The first-order valence-electron chi connectivity index (χ1n) is 8.41. The van der Waals surface area contributed by atoms with E-state index in [4.69, 9.17) is 0 Å². The van der Waals surface area contributed by atoms with E-state index in [-0.39, 0.29) is 0 Å². The van der Waals surface area contributed by atoms with E-state index in [1.807, 2.05) is 0 Å². The lowest BCUT2D eigenvalue weighted by molar-refractivity contribution is 0.385. The summed E-state index contributed by atoms with van der Waals surface area (Å²) in [4.78, 5) is 2.53. The molecular formula is C16H32N2. The fourth-order valence-corrected chi connectivity index (χ4v) is 3.07. The molecule has 0 unspecified atom stereocenters. The molecule has 0 bridgehead atoms. The number of hydrogen-bond donors (Lipinski definition) is 1. The van der Waals surface area contributed by atoms with Gasteiger partial charge in [-0.25, -0.2) is 0 Å². The highest BCUT2D eigenvalue weighted by atomic mass is 15.2. The average molecular weight is 252 g/mol. The Morgan fingerprint density at radius 1 is 0.778 bits per heavy atom. The monoisotopic (exact) mass is 252 g/mol. The Labute approximate surface area is 114 Å². The Kier molecular flexibility index (Phi) is 7.11. The molecule has 0 radical (unpaired) electrons. The van der Waals surface area contributed by atoms with Crippen molar-refractivity contribution in [2.75, 3.05) is 26.2 Å². The number of nitrogens with zero attached hydrogens (tertiary/aromatic N) is 1. The van der Waals surface area contributed by atoms with E-state index in [0.29, 0.717) is 0 Å². The van der Waals surface area contributed by atoms with E-state index in [2.05, 4.69) is 10.2 Å². The summed E-state index contributed by atoms with van der Waals surface area (Å²) in [5.74, 6) is 0. The molecular weight excluding hydrogens is 220 g/mol. The van der Waals surface area contributed by atoms with Crippen LogP contribution in [0.1, 0.15) is 70.6 Å². The number of rotatable bonds is 8. The second-order valence-electron chi connectivity index (χ2n) is 6.25. The standard InChI is InChI=1S/C16H32N2/c1-2-6-10-16(11-7-3-1)17-12-8-4-5-9-13-18-14-15-18/h16-17H,1-15H2. The van der Waals surface area contributed by atoms with Gasteiger partial charge in [-0.1, -0.05) is 44.9 Å². The maximum atomic E-state index is 3.79. The van der Waals surface area contributed by atoms with Crippen molar-refractivity contribution in [2.45, 2.75) is 76.7 Å². The molecule has 2 fully saturated rings. The van der Waals surface area contributed by atoms with Gasteiger partial charge in [-0.15, -0.1) is 0 Å². The van der Waals surface area contributed by atoms with E-state index in [0.717, 1.165) is 6.04 Å². The highest BCUT2D eigenvalue weighted by Crippen LogP contribution is 2.17. The summed E-state index contributed by atoms with van der Waals surface area (Å²) in [6.07, 6.45) is 15.8. The zero-order chi connectivity index (χ0) is 12.5. The quantitative estimate of drug-likeness (QED) is 0.525. The predicted octanol–water partition coefficient (Wildman–Crippen LogP) is 3.56. The molecule has 2 rings (SSSR count). The van der Waals surface area contributed by atoms with Gasteiger partial charge in [0.25, 0.3) is 0 Å². The van der Waals surface area contributed by atoms with Gasteiger partial charge in [-0.3, -0.25) is 0 Å². The summed E-state index contributed by atoms with van der Waals surface area (Å²) in [5.41, 5.74) is 0. The van der Waals surface area contributed by atoms with Crippen molar-refractivity contribution < 1.29 is 0 Å². The number of unbranched alkanes of at least 4 members (excludes halogenated alkanes) is 3. The zero-order valence-corrected chi connectivity index (χ0v) is 12.1. The molecule has 0 atom stereocenters. The molecule has 1 N–H and O–H groups in total. The molecule has 18 heavy (non-hydrogen) atoms. The molecule has 2 nitrogen and oxygen atoms in total. The van der Waals surface area contributed by atoms with E-state index in [1.54, 1.807) is 0 Å². The van der Waals surface area contributed by atoms with Gasteiger partial charge in [0.05, 0.1) is 0 Å². The first-order valence-corrected chi connectivity index (χ1v) is 8.41. The van der Waals surface area contributed by atoms with Crippen LogP contribution in [0.4, 0.5) is 0 Å². The molecule has 1 saturated carbocycles. The lowest BCUT2D eigenvalue weighted by atomic mass is 9.96. The summed E-state index contributed by atoms with van der Waals surface area (Å²) >= 11 is 0. The van der Waals surface area contributed by atoms with Gasteiger partial charge in [0.2, 0.25) is 0 Å². The smallest absolute Gasteiger partial charge is 0.0110 e. The Bertz CT molecular complexity index is 193. The van der Waals surface area contributed by atoms with Crippen LogP contribution in [0.5, 0.6) is 0 Å². The third-order valence-corrected chi connectivity index (χ3v) is 4.48. The van der Waals surface area contributed by atoms with Crippen LogP contribution in [0.25, 0.3) is 0 Å². The van der Waals surface area contributed by atoms with Gasteiger partial charge in [-0.05, 0) is 38.8 Å². The molecule has 1 heterocycles. The normalized spacial score (nSPS) is 22.7. The van der Waals surface area contributed by atoms with Crippen molar-refractivity contribution >= 4 is 0 Å². The van der Waals surface area contributed by atoms with Crippen molar-refractivity contribution in [1.82, 2.24) is 10.2 Å². The lowest BCUT2D eigenvalue weighted by Crippen LogP contribution is -2.30. The molecule has 1 saturated heterocycles. The second-order valence-corrected chi connectivity index (χ2v) is 6.25. The van der Waals surface area contributed by atoms with Crippen molar-refractivity contribution in [2.24, 2.45) is 0 Å². The van der Waals surface area contributed by atoms with Gasteiger partial charge in [-0.2, -0.15) is 0 Å². The first kappa shape index (κ1) is 14.3. The summed E-state index contributed by atoms with van der Waals surface area (Å²) < 4.78 is 0.